The lowest BCUT2D eigenvalue weighted by molar-refractivity contribution is 0.263. The fourth-order valence-corrected chi connectivity index (χ4v) is 6.12. The Morgan fingerprint density at radius 2 is 1.77 bits per heavy atom. The average molecular weight is 499 g/mol. The second kappa shape index (κ2) is 10.4. The lowest BCUT2D eigenvalue weighted by Crippen LogP contribution is -2.37. The van der Waals surface area contributed by atoms with Crippen LogP contribution in [0.2, 0.25) is 0 Å². The molecule has 0 unspecified atom stereocenters. The first-order chi connectivity index (χ1) is 16.8. The summed E-state index contributed by atoms with van der Waals surface area (Å²) >= 11 is 0. The molecular weight excluding hydrogens is 464 g/mol. The first-order valence-corrected chi connectivity index (χ1v) is 13.3. The highest BCUT2D eigenvalue weighted by atomic mass is 32.2. The fourth-order valence-electron chi connectivity index (χ4n) is 4.52. The van der Waals surface area contributed by atoms with E-state index in [0.717, 1.165) is 54.4 Å². The Bertz CT molecular complexity index is 1270. The summed E-state index contributed by atoms with van der Waals surface area (Å²) in [4.78, 5) is 2.60. The molecule has 0 atom stereocenters. The van der Waals surface area contributed by atoms with E-state index in [9.17, 15) is 8.42 Å². The first-order valence-electron chi connectivity index (χ1n) is 11.9. The molecule has 0 saturated carbocycles. The number of likely N-dealkylation sites (N-methyl/N-ethyl adjacent to an activating group) is 1. The lowest BCUT2D eigenvalue weighted by atomic mass is 10.0. The molecule has 0 bridgehead atoms. The lowest BCUT2D eigenvalue weighted by Gasteiger charge is -2.28. The number of sulfonamides is 1. The summed E-state index contributed by atoms with van der Waals surface area (Å²) in [6.07, 6.45) is 0.834. The van der Waals surface area contributed by atoms with Crippen LogP contribution in [0.3, 0.4) is 0 Å². The Morgan fingerprint density at radius 1 is 1.06 bits per heavy atom. The summed E-state index contributed by atoms with van der Waals surface area (Å²) < 4.78 is 41.6. The minimum absolute atomic E-state index is 0.189. The van der Waals surface area contributed by atoms with Gasteiger partial charge >= 0.3 is 0 Å². The molecule has 0 aliphatic carbocycles. The summed E-state index contributed by atoms with van der Waals surface area (Å²) in [5, 5.41) is 4.98. The van der Waals surface area contributed by atoms with E-state index in [1.165, 1.54) is 4.31 Å². The molecule has 2 heterocycles. The Hall–Kier alpha value is -2.88. The number of para-hydroxylation sites is 2. The molecule has 0 amide bonds. The van der Waals surface area contributed by atoms with Crippen LogP contribution in [0.4, 0.5) is 0 Å². The molecular formula is C26H34N4O4S. The van der Waals surface area contributed by atoms with Crippen molar-refractivity contribution in [1.29, 1.82) is 0 Å². The predicted molar refractivity (Wildman–Crippen MR) is 136 cm³/mol. The molecule has 0 N–H and O–H groups in total. The summed E-state index contributed by atoms with van der Waals surface area (Å²) in [6.45, 7) is 8.72. The molecule has 4 rings (SSSR count). The van der Waals surface area contributed by atoms with Gasteiger partial charge in [-0.2, -0.15) is 9.40 Å². The highest BCUT2D eigenvalue weighted by Gasteiger charge is 2.32. The van der Waals surface area contributed by atoms with Crippen molar-refractivity contribution in [2.24, 2.45) is 0 Å². The number of hydrogen-bond acceptors (Lipinski definition) is 6. The van der Waals surface area contributed by atoms with Gasteiger partial charge in [0.2, 0.25) is 10.0 Å². The van der Waals surface area contributed by atoms with Gasteiger partial charge in [0.05, 0.1) is 37.0 Å². The molecule has 0 saturated heterocycles. The summed E-state index contributed by atoms with van der Waals surface area (Å²) in [5.74, 6) is 1.35. The van der Waals surface area contributed by atoms with Crippen LogP contribution in [0.1, 0.15) is 37.7 Å². The third kappa shape index (κ3) is 4.94. The van der Waals surface area contributed by atoms with E-state index in [1.807, 2.05) is 42.8 Å². The topological polar surface area (TPSA) is 76.9 Å². The van der Waals surface area contributed by atoms with Gasteiger partial charge in [-0.15, -0.1) is 0 Å². The van der Waals surface area contributed by atoms with Crippen LogP contribution in [0.5, 0.6) is 11.5 Å². The van der Waals surface area contributed by atoms with Gasteiger partial charge in [-0.25, -0.2) is 13.1 Å². The number of rotatable bonds is 9. The fraction of sp³-hybridized carbons (Fsp3) is 0.423. The quantitative estimate of drug-likeness (QED) is 0.446. The zero-order valence-electron chi connectivity index (χ0n) is 21.1. The maximum Gasteiger partial charge on any atom is 0.243 e. The smallest absolute Gasteiger partial charge is 0.243 e. The number of aromatic nitrogens is 2. The van der Waals surface area contributed by atoms with Crippen LogP contribution in [0.15, 0.2) is 53.4 Å². The number of fused-ring (bicyclic) bond motifs is 1. The van der Waals surface area contributed by atoms with E-state index in [0.29, 0.717) is 5.75 Å². The number of ether oxygens (including phenoxy) is 2. The van der Waals surface area contributed by atoms with Crippen molar-refractivity contribution in [3.8, 4) is 17.2 Å². The van der Waals surface area contributed by atoms with Crippen molar-refractivity contribution >= 4 is 10.0 Å². The van der Waals surface area contributed by atoms with Gasteiger partial charge < -0.3 is 9.47 Å². The second-order valence-corrected chi connectivity index (χ2v) is 10.8. The van der Waals surface area contributed by atoms with Crippen molar-refractivity contribution in [2.45, 2.75) is 51.2 Å². The number of hydrogen-bond donors (Lipinski definition) is 0. The van der Waals surface area contributed by atoms with Crippen LogP contribution >= 0.6 is 0 Å². The van der Waals surface area contributed by atoms with Gasteiger partial charge in [0.25, 0.3) is 0 Å². The van der Waals surface area contributed by atoms with E-state index < -0.39 is 10.0 Å². The molecule has 0 radical (unpaired) electrons. The van der Waals surface area contributed by atoms with Crippen LogP contribution < -0.4 is 9.47 Å². The van der Waals surface area contributed by atoms with Crippen molar-refractivity contribution in [1.82, 2.24) is 19.0 Å². The van der Waals surface area contributed by atoms with Gasteiger partial charge in [-0.1, -0.05) is 19.1 Å². The predicted octanol–water partition coefficient (Wildman–Crippen LogP) is 3.87. The van der Waals surface area contributed by atoms with E-state index in [4.69, 9.17) is 14.6 Å². The summed E-state index contributed by atoms with van der Waals surface area (Å²) in [7, 11) is -0.538. The van der Waals surface area contributed by atoms with Crippen LogP contribution in [0.25, 0.3) is 5.69 Å². The zero-order valence-corrected chi connectivity index (χ0v) is 21.9. The molecule has 2 aromatic carbocycles. The molecule has 0 spiro atoms. The third-order valence-corrected chi connectivity index (χ3v) is 8.56. The molecule has 0 fully saturated rings. The van der Waals surface area contributed by atoms with Crippen molar-refractivity contribution in [3.63, 3.8) is 0 Å². The standard InChI is InChI=1S/C26H34N4O4S/c1-6-28-16-15-24-22(17-28)23(27-30(24)25-9-7-8-10-26(25)34-5)18-29(19(2)3)35(31,32)21-13-11-20(33-4)12-14-21/h7-14,19H,6,15-18H2,1-5H3. The maximum atomic E-state index is 13.7. The molecule has 9 heteroatoms. The van der Waals surface area contributed by atoms with Gasteiger partial charge in [0.1, 0.15) is 17.2 Å². The Balaban J connectivity index is 1.78. The Morgan fingerprint density at radius 3 is 2.40 bits per heavy atom. The Kier molecular flexibility index (Phi) is 7.49. The Labute approximate surface area is 208 Å². The van der Waals surface area contributed by atoms with Gasteiger partial charge in [0, 0.05) is 31.1 Å². The molecule has 1 aromatic heterocycles. The average Bonchev–Trinajstić information content (AvgIpc) is 3.24. The molecule has 8 nitrogen and oxygen atoms in total. The molecule has 3 aromatic rings. The molecule has 1 aliphatic rings. The number of benzene rings is 2. The highest BCUT2D eigenvalue weighted by Crippen LogP contribution is 2.31. The van der Waals surface area contributed by atoms with E-state index in [1.54, 1.807) is 38.5 Å². The van der Waals surface area contributed by atoms with Gasteiger partial charge in [-0.3, -0.25) is 4.90 Å². The van der Waals surface area contributed by atoms with Crippen molar-refractivity contribution in [3.05, 3.63) is 65.5 Å². The minimum atomic E-state index is -3.75. The monoisotopic (exact) mass is 498 g/mol. The third-order valence-electron chi connectivity index (χ3n) is 6.53. The maximum absolute atomic E-state index is 13.7. The van der Waals surface area contributed by atoms with E-state index in [-0.39, 0.29) is 17.5 Å². The van der Waals surface area contributed by atoms with Crippen LogP contribution in [-0.2, 0) is 29.5 Å². The van der Waals surface area contributed by atoms with Crippen LogP contribution in [0, 0.1) is 0 Å². The zero-order chi connectivity index (χ0) is 25.2. The second-order valence-electron chi connectivity index (χ2n) is 8.89. The molecule has 35 heavy (non-hydrogen) atoms. The van der Waals surface area contributed by atoms with E-state index >= 15 is 0 Å². The normalized spacial score (nSPS) is 14.4. The van der Waals surface area contributed by atoms with Gasteiger partial charge in [-0.05, 0) is 56.8 Å². The first kappa shape index (κ1) is 25.2. The van der Waals surface area contributed by atoms with Crippen molar-refractivity contribution in [2.75, 3.05) is 27.3 Å². The SMILES string of the molecule is CCN1CCc2c(c(CN(C(C)C)S(=O)(=O)c3ccc(OC)cc3)nn2-c2ccccc2OC)C1. The number of nitrogens with zero attached hydrogens (tertiary/aromatic N) is 4. The van der Waals surface area contributed by atoms with E-state index in [2.05, 4.69) is 11.8 Å². The summed E-state index contributed by atoms with van der Waals surface area (Å²) in [6, 6.07) is 14.1. The number of methoxy groups -OCH3 is 2. The highest BCUT2D eigenvalue weighted by molar-refractivity contribution is 7.89. The van der Waals surface area contributed by atoms with Crippen molar-refractivity contribution < 1.29 is 17.9 Å². The molecule has 188 valence electrons. The summed E-state index contributed by atoms with van der Waals surface area (Å²) in [5.41, 5.74) is 3.84. The van der Waals surface area contributed by atoms with Gasteiger partial charge in [0.15, 0.2) is 0 Å². The van der Waals surface area contributed by atoms with Crippen LogP contribution in [-0.4, -0.2) is 60.8 Å². The largest absolute Gasteiger partial charge is 0.497 e. The minimum Gasteiger partial charge on any atom is -0.497 e. The molecule has 1 aliphatic heterocycles.